The Morgan fingerprint density at radius 2 is 1.57 bits per heavy atom. The van der Waals surface area contributed by atoms with E-state index in [0.29, 0.717) is 18.5 Å². The summed E-state index contributed by atoms with van der Waals surface area (Å²) in [6.45, 7) is 1.12. The van der Waals surface area contributed by atoms with Gasteiger partial charge in [-0.3, -0.25) is 9.69 Å². The topological polar surface area (TPSA) is 20.3 Å². The number of nitrogens with zero attached hydrogens (tertiary/aromatic N) is 1. The van der Waals surface area contributed by atoms with E-state index in [1.165, 1.54) is 0 Å². The summed E-state index contributed by atoms with van der Waals surface area (Å²) < 4.78 is 55.2. The van der Waals surface area contributed by atoms with Gasteiger partial charge in [-0.1, -0.05) is 18.2 Å². The molecule has 0 saturated carbocycles. The average molecular weight is 323 g/mol. The molecule has 1 heterocycles. The van der Waals surface area contributed by atoms with Gasteiger partial charge in [-0.05, 0) is 31.4 Å². The molecule has 0 fully saturated rings. The molecule has 0 aliphatic carbocycles. The van der Waals surface area contributed by atoms with Crippen LogP contribution in [0.3, 0.4) is 0 Å². The highest BCUT2D eigenvalue weighted by Gasteiger charge is 2.32. The molecule has 0 unspecified atom stereocenters. The number of aryl methyl sites for hydroxylation is 1. The first kappa shape index (κ1) is 15.5. The van der Waals surface area contributed by atoms with Crippen molar-refractivity contribution in [1.82, 2.24) is 0 Å². The Kier molecular flexibility index (Phi) is 3.83. The number of carbonyl (C=O) groups excluding carboxylic acids is 1. The molecule has 2 aromatic rings. The molecule has 2 aromatic carbocycles. The van der Waals surface area contributed by atoms with Crippen LogP contribution in [0.5, 0.6) is 0 Å². The number of halogens is 4. The highest BCUT2D eigenvalue weighted by molar-refractivity contribution is 6.02. The van der Waals surface area contributed by atoms with Crippen molar-refractivity contribution in [2.24, 2.45) is 0 Å². The highest BCUT2D eigenvalue weighted by atomic mass is 19.2. The van der Waals surface area contributed by atoms with Gasteiger partial charge in [0.05, 0.1) is 11.4 Å². The van der Waals surface area contributed by atoms with Crippen LogP contribution >= 0.6 is 0 Å². The van der Waals surface area contributed by atoms with Crippen molar-refractivity contribution >= 4 is 17.3 Å². The lowest BCUT2D eigenvalue weighted by Crippen LogP contribution is -2.27. The SMILES string of the molecule is Cc1c(F)c(F)c(F)c(F)c1N1C(=O)CCCc2ccccc21. The average Bonchev–Trinajstić information content (AvgIpc) is 2.71. The summed E-state index contributed by atoms with van der Waals surface area (Å²) in [5, 5.41) is 0. The molecule has 0 N–H and O–H groups in total. The van der Waals surface area contributed by atoms with Crippen LogP contribution in [-0.4, -0.2) is 5.91 Å². The Morgan fingerprint density at radius 1 is 0.913 bits per heavy atom. The lowest BCUT2D eigenvalue weighted by atomic mass is 10.1. The standard InChI is InChI=1S/C17H13F4NO/c1-9-13(18)14(19)15(20)16(21)17(9)22-11-7-3-2-5-10(11)6-4-8-12(22)23/h2-3,5,7H,4,6,8H2,1H3. The Labute approximate surface area is 130 Å². The van der Waals surface area contributed by atoms with E-state index in [1.807, 2.05) is 0 Å². The third kappa shape index (κ3) is 2.38. The molecule has 1 amide bonds. The van der Waals surface area contributed by atoms with Crippen LogP contribution in [0, 0.1) is 30.2 Å². The molecule has 2 nitrogen and oxygen atoms in total. The van der Waals surface area contributed by atoms with Gasteiger partial charge in [0.2, 0.25) is 5.91 Å². The molecule has 0 saturated heterocycles. The van der Waals surface area contributed by atoms with Crippen LogP contribution in [0.1, 0.15) is 24.0 Å². The fourth-order valence-electron chi connectivity index (χ4n) is 2.86. The van der Waals surface area contributed by atoms with E-state index in [-0.39, 0.29) is 6.42 Å². The van der Waals surface area contributed by atoms with Crippen molar-refractivity contribution in [3.63, 3.8) is 0 Å². The van der Waals surface area contributed by atoms with Crippen LogP contribution < -0.4 is 4.90 Å². The lowest BCUT2D eigenvalue weighted by molar-refractivity contribution is -0.117. The van der Waals surface area contributed by atoms with Crippen LogP contribution in [0.25, 0.3) is 0 Å². The molecule has 23 heavy (non-hydrogen) atoms. The van der Waals surface area contributed by atoms with Gasteiger partial charge in [0, 0.05) is 12.0 Å². The number of hydrogen-bond donors (Lipinski definition) is 0. The second kappa shape index (κ2) is 5.68. The van der Waals surface area contributed by atoms with Gasteiger partial charge in [-0.2, -0.15) is 0 Å². The van der Waals surface area contributed by atoms with Crippen LogP contribution in [0.15, 0.2) is 24.3 Å². The van der Waals surface area contributed by atoms with Crippen molar-refractivity contribution in [1.29, 1.82) is 0 Å². The fourth-order valence-corrected chi connectivity index (χ4v) is 2.86. The van der Waals surface area contributed by atoms with Crippen molar-refractivity contribution < 1.29 is 22.4 Å². The van der Waals surface area contributed by atoms with Crippen LogP contribution in [0.2, 0.25) is 0 Å². The minimum atomic E-state index is -1.92. The number of para-hydroxylation sites is 1. The second-order valence-electron chi connectivity index (χ2n) is 5.44. The Bertz CT molecular complexity index is 774. The molecule has 120 valence electrons. The number of fused-ring (bicyclic) bond motifs is 1. The third-order valence-electron chi connectivity index (χ3n) is 4.01. The largest absolute Gasteiger partial charge is 0.277 e. The monoisotopic (exact) mass is 323 g/mol. The number of amides is 1. The summed E-state index contributed by atoms with van der Waals surface area (Å²) >= 11 is 0. The smallest absolute Gasteiger partial charge is 0.231 e. The van der Waals surface area contributed by atoms with Crippen molar-refractivity contribution in [2.75, 3.05) is 4.90 Å². The predicted molar refractivity (Wildman–Crippen MR) is 77.5 cm³/mol. The highest BCUT2D eigenvalue weighted by Crippen LogP contribution is 2.39. The number of benzene rings is 2. The van der Waals surface area contributed by atoms with Gasteiger partial charge < -0.3 is 0 Å². The molecule has 0 spiro atoms. The molecular formula is C17H13F4NO. The van der Waals surface area contributed by atoms with E-state index in [1.54, 1.807) is 24.3 Å². The lowest BCUT2D eigenvalue weighted by Gasteiger charge is -2.25. The molecule has 1 aliphatic heterocycles. The summed E-state index contributed by atoms with van der Waals surface area (Å²) in [5.41, 5.74) is 0.122. The molecule has 0 atom stereocenters. The van der Waals surface area contributed by atoms with E-state index >= 15 is 0 Å². The first-order chi connectivity index (χ1) is 10.9. The van der Waals surface area contributed by atoms with Crippen molar-refractivity contribution in [3.05, 3.63) is 58.7 Å². The summed E-state index contributed by atoms with van der Waals surface area (Å²) in [6.07, 6.45) is 1.23. The van der Waals surface area contributed by atoms with Gasteiger partial charge in [0.25, 0.3) is 0 Å². The van der Waals surface area contributed by atoms with Crippen molar-refractivity contribution in [2.45, 2.75) is 26.2 Å². The number of hydrogen-bond acceptors (Lipinski definition) is 1. The molecule has 0 radical (unpaired) electrons. The third-order valence-corrected chi connectivity index (χ3v) is 4.01. The maximum Gasteiger partial charge on any atom is 0.231 e. The van der Waals surface area contributed by atoms with E-state index in [9.17, 15) is 22.4 Å². The van der Waals surface area contributed by atoms with Crippen LogP contribution in [-0.2, 0) is 11.2 Å². The van der Waals surface area contributed by atoms with Crippen molar-refractivity contribution in [3.8, 4) is 0 Å². The quantitative estimate of drug-likeness (QED) is 0.428. The Balaban J connectivity index is 2.31. The maximum absolute atomic E-state index is 14.3. The van der Waals surface area contributed by atoms with Gasteiger partial charge in [-0.25, -0.2) is 17.6 Å². The molecule has 0 bridgehead atoms. The molecule has 1 aliphatic rings. The van der Waals surface area contributed by atoms with E-state index in [0.717, 1.165) is 17.4 Å². The zero-order valence-electron chi connectivity index (χ0n) is 12.3. The number of anilines is 2. The summed E-state index contributed by atoms with van der Waals surface area (Å²) in [7, 11) is 0. The van der Waals surface area contributed by atoms with Crippen LogP contribution in [0.4, 0.5) is 28.9 Å². The van der Waals surface area contributed by atoms with Gasteiger partial charge in [0.1, 0.15) is 0 Å². The van der Waals surface area contributed by atoms with Gasteiger partial charge >= 0.3 is 0 Å². The van der Waals surface area contributed by atoms with E-state index in [4.69, 9.17) is 0 Å². The second-order valence-corrected chi connectivity index (χ2v) is 5.44. The molecular weight excluding hydrogens is 310 g/mol. The first-order valence-electron chi connectivity index (χ1n) is 7.17. The zero-order chi connectivity index (χ0) is 16.7. The Morgan fingerprint density at radius 3 is 2.30 bits per heavy atom. The fraction of sp³-hybridized carbons (Fsp3) is 0.235. The number of carbonyl (C=O) groups is 1. The van der Waals surface area contributed by atoms with E-state index < -0.39 is 40.4 Å². The summed E-state index contributed by atoms with van der Waals surface area (Å²) in [5.74, 6) is -7.33. The predicted octanol–water partition coefficient (Wildman–Crippen LogP) is 4.55. The Hall–Kier alpha value is -2.37. The summed E-state index contributed by atoms with van der Waals surface area (Å²) in [6, 6.07) is 6.76. The molecule has 3 rings (SSSR count). The number of rotatable bonds is 1. The molecule has 6 heteroatoms. The minimum absolute atomic E-state index is 0.105. The zero-order valence-corrected chi connectivity index (χ0v) is 12.3. The van der Waals surface area contributed by atoms with Gasteiger partial charge in [-0.15, -0.1) is 0 Å². The first-order valence-corrected chi connectivity index (χ1v) is 7.17. The normalized spacial score (nSPS) is 14.7. The summed E-state index contributed by atoms with van der Waals surface area (Å²) in [4.78, 5) is 13.4. The van der Waals surface area contributed by atoms with E-state index in [2.05, 4.69) is 0 Å². The van der Waals surface area contributed by atoms with Gasteiger partial charge in [0.15, 0.2) is 23.3 Å². The minimum Gasteiger partial charge on any atom is -0.277 e. The molecule has 0 aromatic heterocycles. The maximum atomic E-state index is 14.3.